The van der Waals surface area contributed by atoms with E-state index < -0.39 is 0 Å². The smallest absolute Gasteiger partial charge is 0.0555 e. The number of rotatable bonds is 29. The highest BCUT2D eigenvalue weighted by Crippen LogP contribution is 2.15. The summed E-state index contributed by atoms with van der Waals surface area (Å²) in [6, 6.07) is 0. The number of aliphatic hydroxyl groups is 2. The molecule has 0 amide bonds. The lowest BCUT2D eigenvalue weighted by Crippen LogP contribution is -2.19. The summed E-state index contributed by atoms with van der Waals surface area (Å²) in [4.78, 5) is 0. The first-order valence-electron chi connectivity index (χ1n) is 14.5. The van der Waals surface area contributed by atoms with E-state index in [9.17, 15) is 0 Å². The van der Waals surface area contributed by atoms with Crippen molar-refractivity contribution in [2.24, 2.45) is 0 Å². The van der Waals surface area contributed by atoms with E-state index in [1.165, 1.54) is 141 Å². The molecular weight excluding hydrogens is 396 g/mol. The molecular formula is C28H60N2O2. The van der Waals surface area contributed by atoms with Gasteiger partial charge in [-0.3, -0.25) is 0 Å². The minimum absolute atomic E-state index is 0.258. The quantitative estimate of drug-likeness (QED) is 0.0942. The van der Waals surface area contributed by atoms with Crippen molar-refractivity contribution in [1.82, 2.24) is 10.6 Å². The molecule has 0 aliphatic heterocycles. The van der Waals surface area contributed by atoms with Crippen molar-refractivity contribution >= 4 is 0 Å². The zero-order valence-corrected chi connectivity index (χ0v) is 21.7. The van der Waals surface area contributed by atoms with Crippen LogP contribution in [0, 0.1) is 0 Å². The van der Waals surface area contributed by atoms with E-state index in [0.29, 0.717) is 0 Å². The van der Waals surface area contributed by atoms with Gasteiger partial charge < -0.3 is 20.8 Å². The van der Waals surface area contributed by atoms with Crippen LogP contribution in [0.2, 0.25) is 0 Å². The molecule has 0 aromatic heterocycles. The van der Waals surface area contributed by atoms with Crippen molar-refractivity contribution in [1.29, 1.82) is 0 Å². The van der Waals surface area contributed by atoms with Gasteiger partial charge in [-0.2, -0.15) is 0 Å². The van der Waals surface area contributed by atoms with E-state index in [1.807, 2.05) is 0 Å². The summed E-state index contributed by atoms with van der Waals surface area (Å²) in [5.74, 6) is 0. The third-order valence-corrected chi connectivity index (χ3v) is 6.53. The Kier molecular flexibility index (Phi) is 30.7. The fourth-order valence-electron chi connectivity index (χ4n) is 4.44. The van der Waals surface area contributed by atoms with Crippen LogP contribution in [0.15, 0.2) is 0 Å². The number of nitrogens with one attached hydrogen (secondary N) is 2. The molecule has 4 heteroatoms. The van der Waals surface area contributed by atoms with Crippen molar-refractivity contribution in [2.75, 3.05) is 39.4 Å². The first-order chi connectivity index (χ1) is 15.9. The van der Waals surface area contributed by atoms with E-state index in [4.69, 9.17) is 10.2 Å². The van der Waals surface area contributed by atoms with Crippen molar-refractivity contribution in [3.63, 3.8) is 0 Å². The van der Waals surface area contributed by atoms with E-state index in [0.717, 1.165) is 26.2 Å². The second-order valence-corrected chi connectivity index (χ2v) is 9.73. The van der Waals surface area contributed by atoms with Gasteiger partial charge in [-0.15, -0.1) is 0 Å². The molecule has 0 saturated carbocycles. The van der Waals surface area contributed by atoms with Crippen molar-refractivity contribution in [3.8, 4) is 0 Å². The highest BCUT2D eigenvalue weighted by atomic mass is 16.3. The van der Waals surface area contributed by atoms with E-state index >= 15 is 0 Å². The number of unbranched alkanes of at least 4 members (excludes halogenated alkanes) is 21. The number of hydrogen-bond acceptors (Lipinski definition) is 4. The molecule has 32 heavy (non-hydrogen) atoms. The summed E-state index contributed by atoms with van der Waals surface area (Å²) in [6.07, 6.45) is 31.0. The van der Waals surface area contributed by atoms with Crippen molar-refractivity contribution in [2.45, 2.75) is 141 Å². The number of hydrogen-bond donors (Lipinski definition) is 4. The van der Waals surface area contributed by atoms with Crippen LogP contribution in [-0.2, 0) is 0 Å². The summed E-state index contributed by atoms with van der Waals surface area (Å²) in [5, 5.41) is 23.9. The van der Waals surface area contributed by atoms with Crippen LogP contribution < -0.4 is 10.6 Å². The predicted octanol–water partition coefficient (Wildman–Crippen LogP) is 6.73. The summed E-state index contributed by atoms with van der Waals surface area (Å²) < 4.78 is 0. The van der Waals surface area contributed by atoms with Gasteiger partial charge in [-0.25, -0.2) is 0 Å². The molecule has 4 nitrogen and oxygen atoms in total. The standard InChI is InChI=1S/C28H60N2O2/c31-27-25-29-23-21-19-17-15-13-11-9-7-5-3-1-2-4-6-8-10-12-14-16-18-20-22-24-30-26-28-32/h29-32H,1-28H2. The normalized spacial score (nSPS) is 11.4. The minimum Gasteiger partial charge on any atom is -0.395 e. The Morgan fingerprint density at radius 1 is 0.250 bits per heavy atom. The zero-order valence-electron chi connectivity index (χ0n) is 21.7. The molecule has 0 heterocycles. The Bertz CT molecular complexity index is 286. The summed E-state index contributed by atoms with van der Waals surface area (Å²) in [5.41, 5.74) is 0. The molecule has 0 aromatic carbocycles. The largest absolute Gasteiger partial charge is 0.395 e. The SMILES string of the molecule is OCCNCCCCCCCCCCCCCCCCCCCCCCCCNCCO. The van der Waals surface area contributed by atoms with E-state index in [1.54, 1.807) is 0 Å². The highest BCUT2D eigenvalue weighted by Gasteiger charge is 1.96. The highest BCUT2D eigenvalue weighted by molar-refractivity contribution is 4.53. The third kappa shape index (κ3) is 29.8. The van der Waals surface area contributed by atoms with Crippen LogP contribution in [0.25, 0.3) is 0 Å². The second-order valence-electron chi connectivity index (χ2n) is 9.73. The molecule has 0 saturated heterocycles. The van der Waals surface area contributed by atoms with Gasteiger partial charge in [0.15, 0.2) is 0 Å². The Morgan fingerprint density at radius 2 is 0.438 bits per heavy atom. The third-order valence-electron chi connectivity index (χ3n) is 6.53. The Morgan fingerprint density at radius 3 is 0.625 bits per heavy atom. The zero-order chi connectivity index (χ0) is 23.2. The molecule has 0 aromatic rings. The lowest BCUT2D eigenvalue weighted by molar-refractivity contribution is 0.291. The van der Waals surface area contributed by atoms with Gasteiger partial charge in [0.05, 0.1) is 13.2 Å². The molecule has 0 radical (unpaired) electrons. The van der Waals surface area contributed by atoms with Crippen LogP contribution in [-0.4, -0.2) is 49.6 Å². The molecule has 0 bridgehead atoms. The maximum Gasteiger partial charge on any atom is 0.0555 e. The van der Waals surface area contributed by atoms with Crippen LogP contribution in [0.4, 0.5) is 0 Å². The average molecular weight is 457 g/mol. The fraction of sp³-hybridized carbons (Fsp3) is 1.00. The topological polar surface area (TPSA) is 64.5 Å². The van der Waals surface area contributed by atoms with E-state index in [2.05, 4.69) is 10.6 Å². The van der Waals surface area contributed by atoms with Crippen molar-refractivity contribution < 1.29 is 10.2 Å². The van der Waals surface area contributed by atoms with Gasteiger partial charge in [0.25, 0.3) is 0 Å². The average Bonchev–Trinajstić information content (AvgIpc) is 2.81. The van der Waals surface area contributed by atoms with Gasteiger partial charge in [0, 0.05) is 13.1 Å². The van der Waals surface area contributed by atoms with Gasteiger partial charge in [-0.1, -0.05) is 128 Å². The fourth-order valence-corrected chi connectivity index (χ4v) is 4.44. The lowest BCUT2D eigenvalue weighted by atomic mass is 10.0. The van der Waals surface area contributed by atoms with Gasteiger partial charge in [0.2, 0.25) is 0 Å². The molecule has 0 spiro atoms. The monoisotopic (exact) mass is 456 g/mol. The first kappa shape index (κ1) is 31.8. The number of aliphatic hydroxyl groups excluding tert-OH is 2. The maximum absolute atomic E-state index is 8.70. The molecule has 0 aliphatic rings. The molecule has 0 aliphatic carbocycles. The van der Waals surface area contributed by atoms with Crippen molar-refractivity contribution in [3.05, 3.63) is 0 Å². The Labute approximate surface area is 201 Å². The second kappa shape index (κ2) is 30.8. The lowest BCUT2D eigenvalue weighted by Gasteiger charge is -2.05. The molecule has 0 atom stereocenters. The van der Waals surface area contributed by atoms with E-state index in [-0.39, 0.29) is 13.2 Å². The first-order valence-corrected chi connectivity index (χ1v) is 14.5. The molecule has 0 fully saturated rings. The van der Waals surface area contributed by atoms with Crippen LogP contribution >= 0.6 is 0 Å². The molecule has 4 N–H and O–H groups in total. The van der Waals surface area contributed by atoms with Crippen LogP contribution in [0.5, 0.6) is 0 Å². The minimum atomic E-state index is 0.258. The summed E-state index contributed by atoms with van der Waals surface area (Å²) in [6.45, 7) is 4.13. The summed E-state index contributed by atoms with van der Waals surface area (Å²) in [7, 11) is 0. The molecule has 194 valence electrons. The predicted molar refractivity (Wildman–Crippen MR) is 141 cm³/mol. The van der Waals surface area contributed by atoms with Gasteiger partial charge >= 0.3 is 0 Å². The maximum atomic E-state index is 8.70. The van der Waals surface area contributed by atoms with Gasteiger partial charge in [-0.05, 0) is 25.9 Å². The molecule has 0 unspecified atom stereocenters. The van der Waals surface area contributed by atoms with Crippen LogP contribution in [0.3, 0.4) is 0 Å². The van der Waals surface area contributed by atoms with Crippen LogP contribution in [0.1, 0.15) is 141 Å². The Hall–Kier alpha value is -0.160. The summed E-state index contributed by atoms with van der Waals surface area (Å²) >= 11 is 0. The molecule has 0 rings (SSSR count). The Balaban J connectivity index is 2.98. The van der Waals surface area contributed by atoms with Gasteiger partial charge in [0.1, 0.15) is 0 Å².